The number of carbonyl (C=O) groups excluding carboxylic acids is 2. The van der Waals surface area contributed by atoms with Crippen molar-refractivity contribution >= 4 is 27.8 Å². The van der Waals surface area contributed by atoms with Crippen molar-refractivity contribution in [3.63, 3.8) is 0 Å². The molecule has 1 aliphatic heterocycles. The molecule has 2 rings (SSSR count). The standard InChI is InChI=1S/C12H12FNO6S/c1-20-12(17)9-3-2-7(4-10(9)15)14-6-8(5-11(14)16)21(13,18)19/h2-4,8,15H,5-6H2,1H3. The van der Waals surface area contributed by atoms with Crippen LogP contribution in [0.25, 0.3) is 0 Å². The van der Waals surface area contributed by atoms with E-state index in [0.717, 1.165) is 18.1 Å². The van der Waals surface area contributed by atoms with Crippen LogP contribution in [0, 0.1) is 0 Å². The van der Waals surface area contributed by atoms with E-state index >= 15 is 0 Å². The van der Waals surface area contributed by atoms with Crippen molar-refractivity contribution < 1.29 is 31.7 Å². The van der Waals surface area contributed by atoms with E-state index in [4.69, 9.17) is 0 Å². The van der Waals surface area contributed by atoms with Crippen molar-refractivity contribution in [2.24, 2.45) is 0 Å². The van der Waals surface area contributed by atoms with Gasteiger partial charge in [0.25, 0.3) is 0 Å². The molecule has 114 valence electrons. The third-order valence-electron chi connectivity index (χ3n) is 3.19. The molecule has 7 nitrogen and oxygen atoms in total. The fraction of sp³-hybridized carbons (Fsp3) is 0.333. The van der Waals surface area contributed by atoms with Crippen LogP contribution in [0.3, 0.4) is 0 Å². The fourth-order valence-electron chi connectivity index (χ4n) is 2.08. The minimum atomic E-state index is -4.81. The molecule has 0 aliphatic carbocycles. The Labute approximate surface area is 120 Å². The van der Waals surface area contributed by atoms with Gasteiger partial charge >= 0.3 is 16.2 Å². The van der Waals surface area contributed by atoms with Gasteiger partial charge in [-0.2, -0.15) is 8.42 Å². The van der Waals surface area contributed by atoms with Gasteiger partial charge in [-0.25, -0.2) is 4.79 Å². The molecule has 1 heterocycles. The third-order valence-corrected chi connectivity index (χ3v) is 4.30. The molecule has 0 spiro atoms. The maximum atomic E-state index is 12.9. The largest absolute Gasteiger partial charge is 0.507 e. The van der Waals surface area contributed by atoms with Crippen molar-refractivity contribution in [2.75, 3.05) is 18.6 Å². The van der Waals surface area contributed by atoms with E-state index in [-0.39, 0.29) is 17.8 Å². The third kappa shape index (κ3) is 2.97. The molecular weight excluding hydrogens is 305 g/mol. The van der Waals surface area contributed by atoms with Crippen LogP contribution in [0.15, 0.2) is 18.2 Å². The number of amides is 1. The molecule has 1 saturated heterocycles. The van der Waals surface area contributed by atoms with E-state index in [1.54, 1.807) is 0 Å². The number of rotatable bonds is 3. The highest BCUT2D eigenvalue weighted by molar-refractivity contribution is 7.87. The molecule has 21 heavy (non-hydrogen) atoms. The summed E-state index contributed by atoms with van der Waals surface area (Å²) >= 11 is 0. The van der Waals surface area contributed by atoms with E-state index in [1.165, 1.54) is 12.1 Å². The topological polar surface area (TPSA) is 101 Å². The van der Waals surface area contributed by atoms with Crippen molar-refractivity contribution in [3.8, 4) is 5.75 Å². The highest BCUT2D eigenvalue weighted by atomic mass is 32.3. The molecule has 1 atom stereocenters. The molecule has 0 saturated carbocycles. The van der Waals surface area contributed by atoms with Crippen LogP contribution < -0.4 is 4.90 Å². The van der Waals surface area contributed by atoms with Crippen LogP contribution in [0.2, 0.25) is 0 Å². The number of hydrogen-bond donors (Lipinski definition) is 1. The SMILES string of the molecule is COC(=O)c1ccc(N2CC(S(=O)(=O)F)CC2=O)cc1O. The molecular formula is C12H12FNO6S. The molecule has 1 aliphatic rings. The van der Waals surface area contributed by atoms with Gasteiger partial charge < -0.3 is 14.7 Å². The predicted molar refractivity (Wildman–Crippen MR) is 70.2 cm³/mol. The average molecular weight is 317 g/mol. The van der Waals surface area contributed by atoms with Gasteiger partial charge in [0.1, 0.15) is 16.6 Å². The Morgan fingerprint density at radius 2 is 2.14 bits per heavy atom. The lowest BCUT2D eigenvalue weighted by Gasteiger charge is -2.17. The zero-order valence-electron chi connectivity index (χ0n) is 10.9. The first kappa shape index (κ1) is 15.2. The van der Waals surface area contributed by atoms with Crippen molar-refractivity contribution in [2.45, 2.75) is 11.7 Å². The van der Waals surface area contributed by atoms with Gasteiger partial charge in [0, 0.05) is 24.7 Å². The number of carbonyl (C=O) groups is 2. The smallest absolute Gasteiger partial charge is 0.341 e. The summed E-state index contributed by atoms with van der Waals surface area (Å²) in [5.74, 6) is -1.75. The molecule has 0 aromatic heterocycles. The highest BCUT2D eigenvalue weighted by Gasteiger charge is 2.39. The number of hydrogen-bond acceptors (Lipinski definition) is 6. The molecule has 1 aromatic rings. The Balaban J connectivity index is 2.30. The van der Waals surface area contributed by atoms with Gasteiger partial charge in [-0.3, -0.25) is 4.79 Å². The number of methoxy groups -OCH3 is 1. The van der Waals surface area contributed by atoms with Crippen LogP contribution in [-0.4, -0.2) is 44.3 Å². The molecule has 1 unspecified atom stereocenters. The Morgan fingerprint density at radius 1 is 1.48 bits per heavy atom. The van der Waals surface area contributed by atoms with Crippen molar-refractivity contribution in [3.05, 3.63) is 23.8 Å². The molecule has 9 heteroatoms. The predicted octanol–water partition coefficient (Wildman–Crippen LogP) is 0.583. The number of anilines is 1. The number of phenolic OH excluding ortho intramolecular Hbond substituents is 1. The van der Waals surface area contributed by atoms with Crippen LogP contribution >= 0.6 is 0 Å². The summed E-state index contributed by atoms with van der Waals surface area (Å²) < 4.78 is 39.1. The molecule has 0 bridgehead atoms. The van der Waals surface area contributed by atoms with Gasteiger partial charge in [-0.1, -0.05) is 0 Å². The van der Waals surface area contributed by atoms with Gasteiger partial charge in [0.2, 0.25) is 5.91 Å². The number of benzene rings is 1. The molecule has 1 aromatic carbocycles. The molecule has 1 N–H and O–H groups in total. The Hall–Kier alpha value is -2.16. The van der Waals surface area contributed by atoms with E-state index in [1.807, 2.05) is 0 Å². The quantitative estimate of drug-likeness (QED) is 0.646. The number of halogens is 1. The van der Waals surface area contributed by atoms with Crippen molar-refractivity contribution in [1.82, 2.24) is 0 Å². The maximum absolute atomic E-state index is 12.9. The first-order chi connectivity index (χ1) is 9.74. The summed E-state index contributed by atoms with van der Waals surface area (Å²) in [7, 11) is -3.66. The van der Waals surface area contributed by atoms with E-state index in [2.05, 4.69) is 4.74 Å². The molecule has 0 radical (unpaired) electrons. The number of phenols is 1. The van der Waals surface area contributed by atoms with Crippen LogP contribution in [0.5, 0.6) is 5.75 Å². The number of aromatic hydroxyl groups is 1. The number of nitrogens with zero attached hydrogens (tertiary/aromatic N) is 1. The van der Waals surface area contributed by atoms with Crippen LogP contribution in [0.1, 0.15) is 16.8 Å². The van der Waals surface area contributed by atoms with E-state index in [0.29, 0.717) is 0 Å². The average Bonchev–Trinajstić information content (AvgIpc) is 2.80. The Kier molecular flexibility index (Phi) is 3.86. The first-order valence-electron chi connectivity index (χ1n) is 5.89. The van der Waals surface area contributed by atoms with E-state index < -0.39 is 39.5 Å². The zero-order valence-corrected chi connectivity index (χ0v) is 11.8. The monoisotopic (exact) mass is 317 g/mol. The minimum Gasteiger partial charge on any atom is -0.507 e. The molecule has 1 amide bonds. The van der Waals surface area contributed by atoms with Crippen molar-refractivity contribution in [1.29, 1.82) is 0 Å². The van der Waals surface area contributed by atoms with Gasteiger partial charge in [-0.15, -0.1) is 3.89 Å². The van der Waals surface area contributed by atoms with Gasteiger partial charge in [0.15, 0.2) is 0 Å². The summed E-state index contributed by atoms with van der Waals surface area (Å²) in [5, 5.41) is 8.31. The number of esters is 1. The first-order valence-corrected chi connectivity index (χ1v) is 7.34. The summed E-state index contributed by atoms with van der Waals surface area (Å²) in [6.45, 7) is -0.339. The minimum absolute atomic E-state index is 0.0949. The number of ether oxygens (including phenoxy) is 1. The zero-order chi connectivity index (χ0) is 15.8. The van der Waals surface area contributed by atoms with Crippen LogP contribution in [0.4, 0.5) is 9.57 Å². The molecule has 1 fully saturated rings. The second-order valence-corrected chi connectivity index (χ2v) is 6.12. The summed E-state index contributed by atoms with van der Waals surface area (Å²) in [5.41, 5.74) is 0.0823. The second-order valence-electron chi connectivity index (χ2n) is 4.50. The maximum Gasteiger partial charge on any atom is 0.341 e. The second kappa shape index (κ2) is 5.32. The Bertz CT molecular complexity index is 702. The van der Waals surface area contributed by atoms with Crippen LogP contribution in [-0.2, 0) is 19.8 Å². The fourth-order valence-corrected chi connectivity index (χ4v) is 2.75. The summed E-state index contributed by atoms with van der Waals surface area (Å²) in [4.78, 5) is 24.1. The lowest BCUT2D eigenvalue weighted by molar-refractivity contribution is -0.117. The summed E-state index contributed by atoms with van der Waals surface area (Å²) in [6.07, 6.45) is -0.460. The normalized spacial score (nSPS) is 18.9. The lowest BCUT2D eigenvalue weighted by atomic mass is 10.1. The highest BCUT2D eigenvalue weighted by Crippen LogP contribution is 2.30. The van der Waals surface area contributed by atoms with Gasteiger partial charge in [0.05, 0.1) is 7.11 Å². The Morgan fingerprint density at radius 3 is 2.62 bits per heavy atom. The summed E-state index contributed by atoms with van der Waals surface area (Å²) in [6, 6.07) is 3.70. The van der Waals surface area contributed by atoms with E-state index in [9.17, 15) is 27.0 Å². The lowest BCUT2D eigenvalue weighted by Crippen LogP contribution is -2.26. The van der Waals surface area contributed by atoms with Gasteiger partial charge in [-0.05, 0) is 12.1 Å².